The average molecular weight is 366 g/mol. The van der Waals surface area contributed by atoms with Crippen LogP contribution in [-0.2, 0) is 11.3 Å². The summed E-state index contributed by atoms with van der Waals surface area (Å²) < 4.78 is 0. The molecule has 0 spiro atoms. The predicted molar refractivity (Wildman–Crippen MR) is 103 cm³/mol. The van der Waals surface area contributed by atoms with Gasteiger partial charge >= 0.3 is 0 Å². The summed E-state index contributed by atoms with van der Waals surface area (Å²) in [5.74, 6) is 1.04. The van der Waals surface area contributed by atoms with Gasteiger partial charge < -0.3 is 15.1 Å². The third-order valence-corrected chi connectivity index (χ3v) is 4.69. The van der Waals surface area contributed by atoms with Gasteiger partial charge in [-0.15, -0.1) is 0 Å². The van der Waals surface area contributed by atoms with Crippen LogP contribution in [-0.4, -0.2) is 79.9 Å². The maximum absolute atomic E-state index is 11.4. The fraction of sp³-hybridized carbons (Fsp3) is 0.556. The van der Waals surface area contributed by atoms with Crippen LogP contribution in [0.3, 0.4) is 0 Å². The summed E-state index contributed by atoms with van der Waals surface area (Å²) in [6.07, 6.45) is 0. The fourth-order valence-electron chi connectivity index (χ4n) is 2.94. The molecular formula is C18H28ClN5O. The van der Waals surface area contributed by atoms with E-state index in [-0.39, 0.29) is 5.91 Å². The molecule has 138 valence electrons. The third-order valence-electron chi connectivity index (χ3n) is 4.44. The fourth-order valence-corrected chi connectivity index (χ4v) is 3.06. The number of amides is 1. The molecule has 1 aliphatic heterocycles. The van der Waals surface area contributed by atoms with E-state index in [2.05, 4.69) is 20.1 Å². The van der Waals surface area contributed by atoms with Gasteiger partial charge in [-0.25, -0.2) is 0 Å². The minimum atomic E-state index is 0.169. The zero-order chi connectivity index (χ0) is 18.2. The summed E-state index contributed by atoms with van der Waals surface area (Å²) in [5, 5.41) is 4.16. The van der Waals surface area contributed by atoms with Crippen molar-refractivity contribution in [1.82, 2.24) is 20.0 Å². The predicted octanol–water partition coefficient (Wildman–Crippen LogP) is 1.51. The molecule has 2 rings (SSSR count). The summed E-state index contributed by atoms with van der Waals surface area (Å²) in [4.78, 5) is 22.1. The summed E-state index contributed by atoms with van der Waals surface area (Å²) in [5.41, 5.74) is 1.19. The van der Waals surface area contributed by atoms with Gasteiger partial charge in [-0.3, -0.25) is 14.7 Å². The molecule has 1 aromatic carbocycles. The van der Waals surface area contributed by atoms with E-state index in [1.54, 1.807) is 14.0 Å². The normalized spacial score (nSPS) is 16.0. The van der Waals surface area contributed by atoms with Crippen LogP contribution in [0.25, 0.3) is 0 Å². The van der Waals surface area contributed by atoms with Gasteiger partial charge in [0.15, 0.2) is 5.96 Å². The second kappa shape index (κ2) is 9.63. The van der Waals surface area contributed by atoms with E-state index in [0.29, 0.717) is 0 Å². The molecule has 0 atom stereocenters. The van der Waals surface area contributed by atoms with E-state index < -0.39 is 0 Å². The van der Waals surface area contributed by atoms with Crippen LogP contribution < -0.4 is 5.32 Å². The summed E-state index contributed by atoms with van der Waals surface area (Å²) in [7, 11) is 3.82. The molecule has 1 saturated heterocycles. The standard InChI is InChI=1S/C18H28ClN5O/c1-15(25)24-12-10-23(11-13-24)9-8-21-18(20-2)22(3)14-16-4-6-17(19)7-5-16/h4-7H,8-14H2,1-3H3,(H,20,21). The number of carbonyl (C=O) groups excluding carboxylic acids is 1. The smallest absolute Gasteiger partial charge is 0.219 e. The van der Waals surface area contributed by atoms with Crippen LogP contribution >= 0.6 is 11.6 Å². The Morgan fingerprint density at radius 3 is 2.44 bits per heavy atom. The van der Waals surface area contributed by atoms with Gasteiger partial charge in [0.25, 0.3) is 0 Å². The molecule has 1 aliphatic rings. The Labute approximate surface area is 155 Å². The van der Waals surface area contributed by atoms with Crippen LogP contribution in [0.4, 0.5) is 0 Å². The van der Waals surface area contributed by atoms with E-state index in [1.807, 2.05) is 36.2 Å². The van der Waals surface area contributed by atoms with Crippen LogP contribution in [0, 0.1) is 0 Å². The highest BCUT2D eigenvalue weighted by molar-refractivity contribution is 6.30. The van der Waals surface area contributed by atoms with Crippen molar-refractivity contribution in [1.29, 1.82) is 0 Å². The molecule has 1 fully saturated rings. The number of piperazine rings is 1. The van der Waals surface area contributed by atoms with Crippen molar-refractivity contribution < 1.29 is 4.79 Å². The Kier molecular flexibility index (Phi) is 7.52. The minimum absolute atomic E-state index is 0.169. The SMILES string of the molecule is CN=C(NCCN1CCN(C(C)=O)CC1)N(C)Cc1ccc(Cl)cc1. The first-order chi connectivity index (χ1) is 12.0. The number of rotatable bonds is 5. The molecule has 6 nitrogen and oxygen atoms in total. The maximum atomic E-state index is 11.4. The number of aliphatic imine (C=N–C) groups is 1. The summed E-state index contributed by atoms with van der Waals surface area (Å²) in [6, 6.07) is 7.87. The van der Waals surface area contributed by atoms with Crippen LogP contribution in [0.2, 0.25) is 5.02 Å². The van der Waals surface area contributed by atoms with Crippen molar-refractivity contribution in [2.45, 2.75) is 13.5 Å². The minimum Gasteiger partial charge on any atom is -0.355 e. The van der Waals surface area contributed by atoms with Crippen LogP contribution in [0.15, 0.2) is 29.3 Å². The quantitative estimate of drug-likeness (QED) is 0.635. The first kappa shape index (κ1) is 19.5. The Balaban J connectivity index is 1.73. The molecule has 1 amide bonds. The number of hydrogen-bond acceptors (Lipinski definition) is 3. The first-order valence-electron chi connectivity index (χ1n) is 8.63. The van der Waals surface area contributed by atoms with E-state index in [9.17, 15) is 4.79 Å². The number of halogens is 1. The molecule has 25 heavy (non-hydrogen) atoms. The van der Waals surface area contributed by atoms with E-state index in [1.165, 1.54) is 5.56 Å². The van der Waals surface area contributed by atoms with Crippen molar-refractivity contribution >= 4 is 23.5 Å². The Morgan fingerprint density at radius 1 is 1.24 bits per heavy atom. The molecular weight excluding hydrogens is 338 g/mol. The van der Waals surface area contributed by atoms with E-state index in [0.717, 1.165) is 56.8 Å². The molecule has 0 aliphatic carbocycles. The summed E-state index contributed by atoms with van der Waals surface area (Å²) in [6.45, 7) is 7.69. The third kappa shape index (κ3) is 6.21. The summed E-state index contributed by atoms with van der Waals surface area (Å²) >= 11 is 5.93. The highest BCUT2D eigenvalue weighted by atomic mass is 35.5. The second-order valence-corrected chi connectivity index (χ2v) is 6.74. The number of hydrogen-bond donors (Lipinski definition) is 1. The highest BCUT2D eigenvalue weighted by Gasteiger charge is 2.18. The largest absolute Gasteiger partial charge is 0.355 e. The number of nitrogens with zero attached hydrogens (tertiary/aromatic N) is 4. The van der Waals surface area contributed by atoms with Gasteiger partial charge in [-0.05, 0) is 17.7 Å². The lowest BCUT2D eigenvalue weighted by Crippen LogP contribution is -2.50. The van der Waals surface area contributed by atoms with Crippen molar-refractivity contribution in [2.24, 2.45) is 4.99 Å². The lowest BCUT2D eigenvalue weighted by atomic mass is 10.2. The molecule has 0 radical (unpaired) electrons. The van der Waals surface area contributed by atoms with Gasteiger partial charge in [0, 0.05) is 71.9 Å². The lowest BCUT2D eigenvalue weighted by molar-refractivity contribution is -0.130. The Hall–Kier alpha value is -1.79. The average Bonchev–Trinajstić information content (AvgIpc) is 2.61. The molecule has 1 heterocycles. The second-order valence-electron chi connectivity index (χ2n) is 6.30. The van der Waals surface area contributed by atoms with Crippen molar-refractivity contribution in [3.8, 4) is 0 Å². The zero-order valence-electron chi connectivity index (χ0n) is 15.3. The van der Waals surface area contributed by atoms with Gasteiger partial charge in [0.05, 0.1) is 0 Å². The van der Waals surface area contributed by atoms with Gasteiger partial charge in [0.1, 0.15) is 0 Å². The zero-order valence-corrected chi connectivity index (χ0v) is 16.1. The number of carbonyl (C=O) groups is 1. The number of nitrogens with one attached hydrogen (secondary N) is 1. The topological polar surface area (TPSA) is 51.2 Å². The number of benzene rings is 1. The molecule has 1 aromatic rings. The Morgan fingerprint density at radius 2 is 1.88 bits per heavy atom. The number of guanidine groups is 1. The van der Waals surface area contributed by atoms with Crippen LogP contribution in [0.1, 0.15) is 12.5 Å². The Bertz CT molecular complexity index is 582. The monoisotopic (exact) mass is 365 g/mol. The highest BCUT2D eigenvalue weighted by Crippen LogP contribution is 2.11. The maximum Gasteiger partial charge on any atom is 0.219 e. The van der Waals surface area contributed by atoms with Gasteiger partial charge in [-0.2, -0.15) is 0 Å². The molecule has 0 bridgehead atoms. The van der Waals surface area contributed by atoms with Crippen molar-refractivity contribution in [3.05, 3.63) is 34.9 Å². The van der Waals surface area contributed by atoms with E-state index in [4.69, 9.17) is 11.6 Å². The first-order valence-corrected chi connectivity index (χ1v) is 9.01. The molecule has 0 unspecified atom stereocenters. The van der Waals surface area contributed by atoms with Crippen LogP contribution in [0.5, 0.6) is 0 Å². The molecule has 1 N–H and O–H groups in total. The molecule has 7 heteroatoms. The van der Waals surface area contributed by atoms with Gasteiger partial charge in [0.2, 0.25) is 5.91 Å². The molecule has 0 aromatic heterocycles. The molecule has 0 saturated carbocycles. The van der Waals surface area contributed by atoms with E-state index >= 15 is 0 Å². The van der Waals surface area contributed by atoms with Gasteiger partial charge in [-0.1, -0.05) is 23.7 Å². The van der Waals surface area contributed by atoms with Crippen molar-refractivity contribution in [3.63, 3.8) is 0 Å². The lowest BCUT2D eigenvalue weighted by Gasteiger charge is -2.34. The van der Waals surface area contributed by atoms with Crippen molar-refractivity contribution in [2.75, 3.05) is 53.4 Å².